The number of amides is 1. The van der Waals surface area contributed by atoms with Crippen LogP contribution in [0.4, 0.5) is 5.82 Å². The molecule has 0 aliphatic heterocycles. The van der Waals surface area contributed by atoms with Crippen molar-refractivity contribution in [1.29, 1.82) is 0 Å². The highest BCUT2D eigenvalue weighted by Crippen LogP contribution is 2.07. The minimum absolute atomic E-state index is 0.134. The number of hydrogen-bond acceptors (Lipinski definition) is 3. The van der Waals surface area contributed by atoms with Gasteiger partial charge in [0.15, 0.2) is 5.69 Å². The molecule has 0 bridgehead atoms. The number of carboxylic acids is 1. The molecule has 0 aliphatic carbocycles. The molecule has 92 valence electrons. The quantitative estimate of drug-likeness (QED) is 0.756. The summed E-state index contributed by atoms with van der Waals surface area (Å²) in [6.45, 7) is 0. The fraction of sp³-hybridized carbons (Fsp3) is 0.0833. The van der Waals surface area contributed by atoms with E-state index in [2.05, 4.69) is 15.5 Å². The lowest BCUT2D eigenvalue weighted by Crippen LogP contribution is -2.14. The third-order valence-corrected chi connectivity index (χ3v) is 2.28. The molecule has 2 rings (SSSR count). The molecule has 0 atom stereocenters. The molecule has 1 aromatic heterocycles. The summed E-state index contributed by atoms with van der Waals surface area (Å²) in [4.78, 5) is 22.3. The number of aromatic amines is 1. The molecular formula is C12H11N3O3. The Hall–Kier alpha value is -2.63. The number of rotatable bonds is 4. The van der Waals surface area contributed by atoms with Gasteiger partial charge < -0.3 is 10.4 Å². The van der Waals surface area contributed by atoms with Crippen LogP contribution in [-0.2, 0) is 11.2 Å². The van der Waals surface area contributed by atoms with Crippen molar-refractivity contribution in [2.45, 2.75) is 6.42 Å². The van der Waals surface area contributed by atoms with E-state index < -0.39 is 5.97 Å². The first-order valence-electron chi connectivity index (χ1n) is 5.27. The van der Waals surface area contributed by atoms with E-state index in [0.29, 0.717) is 0 Å². The van der Waals surface area contributed by atoms with Crippen molar-refractivity contribution in [3.05, 3.63) is 47.7 Å². The second-order valence-electron chi connectivity index (χ2n) is 3.68. The third kappa shape index (κ3) is 2.94. The lowest BCUT2D eigenvalue weighted by atomic mass is 10.1. The summed E-state index contributed by atoms with van der Waals surface area (Å²) in [5, 5.41) is 17.2. The Kier molecular flexibility index (Phi) is 3.38. The van der Waals surface area contributed by atoms with Crippen LogP contribution in [0.25, 0.3) is 0 Å². The Morgan fingerprint density at radius 2 is 2.00 bits per heavy atom. The zero-order chi connectivity index (χ0) is 13.0. The summed E-state index contributed by atoms with van der Waals surface area (Å²) in [5.41, 5.74) is 0.748. The molecule has 0 saturated carbocycles. The van der Waals surface area contributed by atoms with Crippen molar-refractivity contribution in [3.8, 4) is 0 Å². The molecule has 2 aromatic rings. The lowest BCUT2D eigenvalue weighted by molar-refractivity contribution is -0.115. The first-order valence-corrected chi connectivity index (χ1v) is 5.27. The van der Waals surface area contributed by atoms with Crippen LogP contribution in [0.1, 0.15) is 16.1 Å². The zero-order valence-electron chi connectivity index (χ0n) is 9.38. The van der Waals surface area contributed by atoms with Crippen molar-refractivity contribution in [2.75, 3.05) is 5.32 Å². The van der Waals surface area contributed by atoms with Gasteiger partial charge in [-0.3, -0.25) is 9.89 Å². The fourth-order valence-electron chi connectivity index (χ4n) is 1.47. The lowest BCUT2D eigenvalue weighted by Gasteiger charge is -2.01. The van der Waals surface area contributed by atoms with Crippen LogP contribution >= 0.6 is 0 Å². The number of anilines is 1. The van der Waals surface area contributed by atoms with Crippen molar-refractivity contribution >= 4 is 17.7 Å². The van der Waals surface area contributed by atoms with Crippen molar-refractivity contribution < 1.29 is 14.7 Å². The highest BCUT2D eigenvalue weighted by atomic mass is 16.4. The van der Waals surface area contributed by atoms with Gasteiger partial charge in [-0.05, 0) is 5.56 Å². The number of nitrogens with zero attached hydrogens (tertiary/aromatic N) is 1. The highest BCUT2D eigenvalue weighted by molar-refractivity contribution is 5.93. The second kappa shape index (κ2) is 5.13. The Labute approximate surface area is 103 Å². The van der Waals surface area contributed by atoms with Crippen LogP contribution in [0.3, 0.4) is 0 Å². The number of benzene rings is 1. The van der Waals surface area contributed by atoms with E-state index in [1.165, 1.54) is 6.07 Å². The molecule has 0 spiro atoms. The Bertz CT molecular complexity index is 563. The van der Waals surface area contributed by atoms with E-state index in [9.17, 15) is 9.59 Å². The van der Waals surface area contributed by atoms with Crippen LogP contribution in [0.15, 0.2) is 36.4 Å². The maximum Gasteiger partial charge on any atom is 0.356 e. The van der Waals surface area contributed by atoms with E-state index in [1.807, 2.05) is 30.3 Å². The Morgan fingerprint density at radius 3 is 2.61 bits per heavy atom. The molecule has 18 heavy (non-hydrogen) atoms. The fourth-order valence-corrected chi connectivity index (χ4v) is 1.47. The average molecular weight is 245 g/mol. The van der Waals surface area contributed by atoms with Crippen LogP contribution in [0.2, 0.25) is 0 Å². The molecule has 1 heterocycles. The molecule has 1 amide bonds. The van der Waals surface area contributed by atoms with Crippen LogP contribution < -0.4 is 5.32 Å². The predicted molar refractivity (Wildman–Crippen MR) is 64.3 cm³/mol. The van der Waals surface area contributed by atoms with E-state index in [4.69, 9.17) is 5.11 Å². The van der Waals surface area contributed by atoms with Crippen LogP contribution in [-0.4, -0.2) is 27.2 Å². The Balaban J connectivity index is 1.97. The van der Waals surface area contributed by atoms with Gasteiger partial charge in [-0.25, -0.2) is 4.79 Å². The maximum absolute atomic E-state index is 11.7. The summed E-state index contributed by atoms with van der Waals surface area (Å²) >= 11 is 0. The SMILES string of the molecule is O=C(Cc1ccccc1)Nc1cc(C(=O)O)n[nH]1. The summed E-state index contributed by atoms with van der Waals surface area (Å²) in [7, 11) is 0. The number of nitrogens with one attached hydrogen (secondary N) is 2. The number of carbonyl (C=O) groups excluding carboxylic acids is 1. The van der Waals surface area contributed by atoms with Gasteiger partial charge in [0, 0.05) is 6.07 Å². The van der Waals surface area contributed by atoms with Crippen LogP contribution in [0.5, 0.6) is 0 Å². The first-order chi connectivity index (χ1) is 8.65. The van der Waals surface area contributed by atoms with Gasteiger partial charge in [-0.1, -0.05) is 30.3 Å². The van der Waals surface area contributed by atoms with E-state index >= 15 is 0 Å². The number of carbonyl (C=O) groups is 2. The maximum atomic E-state index is 11.7. The molecule has 0 radical (unpaired) electrons. The largest absolute Gasteiger partial charge is 0.476 e. The van der Waals surface area contributed by atoms with E-state index in [-0.39, 0.29) is 23.8 Å². The van der Waals surface area contributed by atoms with Crippen LogP contribution in [0, 0.1) is 0 Å². The number of hydrogen-bond donors (Lipinski definition) is 3. The Morgan fingerprint density at radius 1 is 1.28 bits per heavy atom. The number of aromatic carboxylic acids is 1. The molecule has 6 heteroatoms. The second-order valence-corrected chi connectivity index (χ2v) is 3.68. The first kappa shape index (κ1) is 11.8. The summed E-state index contributed by atoms with van der Waals surface area (Å²) in [6, 6.07) is 10.5. The van der Waals surface area contributed by atoms with Gasteiger partial charge in [0.1, 0.15) is 5.82 Å². The summed E-state index contributed by atoms with van der Waals surface area (Å²) < 4.78 is 0. The number of H-pyrrole nitrogens is 1. The highest BCUT2D eigenvalue weighted by Gasteiger charge is 2.10. The molecule has 1 aromatic carbocycles. The minimum atomic E-state index is -1.14. The molecule has 0 fully saturated rings. The van der Waals surface area contributed by atoms with Gasteiger partial charge in [0.2, 0.25) is 5.91 Å². The van der Waals surface area contributed by atoms with Gasteiger partial charge >= 0.3 is 5.97 Å². The number of carboxylic acid groups (broad SMARTS) is 1. The van der Waals surface area contributed by atoms with E-state index in [0.717, 1.165) is 5.56 Å². The topological polar surface area (TPSA) is 95.1 Å². The van der Waals surface area contributed by atoms with Gasteiger partial charge in [-0.15, -0.1) is 0 Å². The molecule has 0 unspecified atom stereocenters. The third-order valence-electron chi connectivity index (χ3n) is 2.28. The van der Waals surface area contributed by atoms with Crippen molar-refractivity contribution in [3.63, 3.8) is 0 Å². The number of aromatic nitrogens is 2. The molecular weight excluding hydrogens is 234 g/mol. The smallest absolute Gasteiger partial charge is 0.356 e. The zero-order valence-corrected chi connectivity index (χ0v) is 9.38. The molecule has 0 saturated heterocycles. The average Bonchev–Trinajstić information content (AvgIpc) is 2.78. The molecule has 6 nitrogen and oxygen atoms in total. The minimum Gasteiger partial charge on any atom is -0.476 e. The van der Waals surface area contributed by atoms with Gasteiger partial charge in [-0.2, -0.15) is 5.10 Å². The van der Waals surface area contributed by atoms with Crippen molar-refractivity contribution in [2.24, 2.45) is 0 Å². The monoisotopic (exact) mass is 245 g/mol. The predicted octanol–water partition coefficient (Wildman–Crippen LogP) is 1.29. The summed E-state index contributed by atoms with van der Waals surface area (Å²) in [6.07, 6.45) is 0.224. The molecule has 3 N–H and O–H groups in total. The standard InChI is InChI=1S/C12H11N3O3/c16-11(6-8-4-2-1-3-5-8)13-10-7-9(12(17)18)14-15-10/h1-5,7H,6H2,(H,17,18)(H2,13,14,15,16). The van der Waals surface area contributed by atoms with Crippen molar-refractivity contribution in [1.82, 2.24) is 10.2 Å². The molecule has 0 aliphatic rings. The summed E-state index contributed by atoms with van der Waals surface area (Å²) in [5.74, 6) is -1.11. The normalized spacial score (nSPS) is 10.0. The van der Waals surface area contributed by atoms with Gasteiger partial charge in [0.25, 0.3) is 0 Å². The van der Waals surface area contributed by atoms with E-state index in [1.54, 1.807) is 0 Å². The van der Waals surface area contributed by atoms with Gasteiger partial charge in [0.05, 0.1) is 6.42 Å².